The van der Waals surface area contributed by atoms with Crippen LogP contribution in [0.25, 0.3) is 0 Å². The summed E-state index contributed by atoms with van der Waals surface area (Å²) in [5.74, 6) is 1.08. The zero-order valence-electron chi connectivity index (χ0n) is 15.3. The molecule has 0 unspecified atom stereocenters. The van der Waals surface area contributed by atoms with Crippen molar-refractivity contribution in [3.63, 3.8) is 0 Å². The first-order valence-corrected chi connectivity index (χ1v) is 8.89. The highest BCUT2D eigenvalue weighted by molar-refractivity contribution is 14.0. The Hall–Kier alpha value is -1.14. The third-order valence-electron chi connectivity index (χ3n) is 4.24. The monoisotopic (exact) mass is 483 g/mol. The Bertz CT molecular complexity index is 456. The van der Waals surface area contributed by atoms with E-state index in [1.165, 1.54) is 4.90 Å². The van der Waals surface area contributed by atoms with Crippen LogP contribution >= 0.6 is 24.0 Å². The summed E-state index contributed by atoms with van der Waals surface area (Å²) in [6.07, 6.45) is 3.07. The molecule has 2 fully saturated rings. The number of hydrogen-bond donors (Lipinski definition) is 3. The molecule has 0 radical (unpaired) electrons. The van der Waals surface area contributed by atoms with Crippen LogP contribution in [0.3, 0.4) is 0 Å². The van der Waals surface area contributed by atoms with Crippen LogP contribution in [0.1, 0.15) is 19.3 Å². The normalized spacial score (nSPS) is 18.5. The number of nitrogens with one attached hydrogen (secondary N) is 3. The number of guanidine groups is 1. The van der Waals surface area contributed by atoms with Gasteiger partial charge < -0.3 is 25.4 Å². The lowest BCUT2D eigenvalue weighted by molar-refractivity contribution is -0.124. The molecule has 2 aliphatic heterocycles. The minimum Gasteiger partial charge on any atom is -0.381 e. The van der Waals surface area contributed by atoms with Gasteiger partial charge in [0.1, 0.15) is 0 Å². The van der Waals surface area contributed by atoms with Crippen molar-refractivity contribution in [2.45, 2.75) is 19.3 Å². The summed E-state index contributed by atoms with van der Waals surface area (Å²) in [4.78, 5) is 28.2. The number of rotatable bonds is 9. The van der Waals surface area contributed by atoms with Gasteiger partial charge in [-0.25, -0.2) is 4.79 Å². The molecule has 0 saturated carbocycles. The molecule has 26 heavy (non-hydrogen) atoms. The third-order valence-corrected chi connectivity index (χ3v) is 4.24. The minimum absolute atomic E-state index is 0. The molecule has 0 atom stereocenters. The lowest BCUT2D eigenvalue weighted by Crippen LogP contribution is -2.43. The van der Waals surface area contributed by atoms with E-state index in [0.717, 1.165) is 45.6 Å². The van der Waals surface area contributed by atoms with E-state index in [2.05, 4.69) is 20.9 Å². The average molecular weight is 483 g/mol. The predicted octanol–water partition coefficient (Wildman–Crippen LogP) is 0.155. The van der Waals surface area contributed by atoms with E-state index in [1.807, 2.05) is 0 Å². The average Bonchev–Trinajstić information content (AvgIpc) is 2.95. The van der Waals surface area contributed by atoms with Gasteiger partial charge in [0.2, 0.25) is 5.91 Å². The first-order chi connectivity index (χ1) is 12.2. The molecular weight excluding hydrogens is 453 g/mol. The van der Waals surface area contributed by atoms with Crippen molar-refractivity contribution in [3.8, 4) is 0 Å². The van der Waals surface area contributed by atoms with E-state index in [9.17, 15) is 9.59 Å². The van der Waals surface area contributed by atoms with Crippen LogP contribution in [0.15, 0.2) is 4.99 Å². The van der Waals surface area contributed by atoms with Crippen molar-refractivity contribution >= 4 is 41.9 Å². The summed E-state index contributed by atoms with van der Waals surface area (Å²) >= 11 is 0. The largest absolute Gasteiger partial charge is 0.381 e. The Morgan fingerprint density at radius 1 is 1.31 bits per heavy atom. The highest BCUT2D eigenvalue weighted by Gasteiger charge is 2.27. The SMILES string of the molecule is CN=C(NCCCOCC1CCOCC1)NCCN1C(=O)CNC1=O.I. The van der Waals surface area contributed by atoms with Crippen molar-refractivity contribution in [2.24, 2.45) is 10.9 Å². The standard InChI is InChI=1S/C16H29N5O4.HI/c1-17-15(19-6-7-21-14(22)11-20-16(21)23)18-5-2-8-25-12-13-3-9-24-10-4-13;/h13H,2-12H2,1H3,(H,20,23)(H2,17,18,19);1H. The van der Waals surface area contributed by atoms with Gasteiger partial charge in [0.25, 0.3) is 0 Å². The van der Waals surface area contributed by atoms with Gasteiger partial charge in [0, 0.05) is 53.1 Å². The number of carbonyl (C=O) groups is 2. The number of carbonyl (C=O) groups excluding carboxylic acids is 2. The number of amides is 3. The molecular formula is C16H30IN5O4. The summed E-state index contributed by atoms with van der Waals surface area (Å²) in [6.45, 7) is 4.82. The van der Waals surface area contributed by atoms with Gasteiger partial charge in [-0.05, 0) is 25.2 Å². The second-order valence-corrected chi connectivity index (χ2v) is 6.11. The molecule has 0 aromatic carbocycles. The summed E-state index contributed by atoms with van der Waals surface area (Å²) in [6, 6.07) is -0.337. The molecule has 0 aliphatic carbocycles. The highest BCUT2D eigenvalue weighted by Crippen LogP contribution is 2.14. The Morgan fingerprint density at radius 3 is 2.69 bits per heavy atom. The van der Waals surface area contributed by atoms with Crippen molar-refractivity contribution < 1.29 is 19.1 Å². The van der Waals surface area contributed by atoms with Crippen molar-refractivity contribution in [2.75, 3.05) is 59.7 Å². The molecule has 2 saturated heterocycles. The zero-order valence-corrected chi connectivity index (χ0v) is 17.6. The quantitative estimate of drug-likeness (QED) is 0.142. The van der Waals surface area contributed by atoms with Gasteiger partial charge in [0.05, 0.1) is 6.54 Å². The van der Waals surface area contributed by atoms with Crippen LogP contribution in [-0.4, -0.2) is 82.5 Å². The Balaban J connectivity index is 0.00000338. The molecule has 10 heteroatoms. The molecule has 2 aliphatic rings. The minimum atomic E-state index is -0.337. The summed E-state index contributed by atoms with van der Waals surface area (Å²) in [5.41, 5.74) is 0. The molecule has 2 rings (SSSR count). The van der Waals surface area contributed by atoms with Crippen LogP contribution < -0.4 is 16.0 Å². The van der Waals surface area contributed by atoms with Crippen molar-refractivity contribution in [3.05, 3.63) is 0 Å². The van der Waals surface area contributed by atoms with E-state index in [4.69, 9.17) is 9.47 Å². The van der Waals surface area contributed by atoms with Gasteiger partial charge in [0.15, 0.2) is 5.96 Å². The molecule has 0 aromatic heterocycles. The first-order valence-electron chi connectivity index (χ1n) is 8.89. The smallest absolute Gasteiger partial charge is 0.324 e. The highest BCUT2D eigenvalue weighted by atomic mass is 127. The molecule has 9 nitrogen and oxygen atoms in total. The first kappa shape index (κ1) is 22.9. The van der Waals surface area contributed by atoms with Gasteiger partial charge in [-0.15, -0.1) is 24.0 Å². The van der Waals surface area contributed by atoms with Gasteiger partial charge in [-0.3, -0.25) is 14.7 Å². The molecule has 0 bridgehead atoms. The number of hydrogen-bond acceptors (Lipinski definition) is 5. The fraction of sp³-hybridized carbons (Fsp3) is 0.812. The number of imide groups is 1. The van der Waals surface area contributed by atoms with E-state index in [0.29, 0.717) is 31.6 Å². The third kappa shape index (κ3) is 8.04. The lowest BCUT2D eigenvalue weighted by atomic mass is 10.0. The summed E-state index contributed by atoms with van der Waals surface area (Å²) in [7, 11) is 1.69. The topological polar surface area (TPSA) is 104 Å². The van der Waals surface area contributed by atoms with E-state index in [-0.39, 0.29) is 42.5 Å². The zero-order chi connectivity index (χ0) is 17.9. The number of ether oxygens (including phenoxy) is 2. The molecule has 2 heterocycles. The summed E-state index contributed by atoms with van der Waals surface area (Å²) < 4.78 is 11.0. The van der Waals surface area contributed by atoms with Crippen LogP contribution in [0.5, 0.6) is 0 Å². The predicted molar refractivity (Wildman–Crippen MR) is 109 cm³/mol. The van der Waals surface area contributed by atoms with E-state index < -0.39 is 0 Å². The lowest BCUT2D eigenvalue weighted by Gasteiger charge is -2.21. The number of halogens is 1. The Labute approximate surface area is 171 Å². The fourth-order valence-electron chi connectivity index (χ4n) is 2.73. The number of nitrogens with zero attached hydrogens (tertiary/aromatic N) is 2. The molecule has 0 aromatic rings. The second kappa shape index (κ2) is 13.1. The number of aliphatic imine (C=N–C) groups is 1. The van der Waals surface area contributed by atoms with Crippen LogP contribution in [0.4, 0.5) is 4.79 Å². The van der Waals surface area contributed by atoms with Crippen LogP contribution in [0, 0.1) is 5.92 Å². The molecule has 3 N–H and O–H groups in total. The molecule has 3 amide bonds. The maximum absolute atomic E-state index is 11.5. The van der Waals surface area contributed by atoms with Crippen molar-refractivity contribution in [1.82, 2.24) is 20.9 Å². The fourth-order valence-corrected chi connectivity index (χ4v) is 2.73. The van der Waals surface area contributed by atoms with Gasteiger partial charge >= 0.3 is 6.03 Å². The van der Waals surface area contributed by atoms with E-state index in [1.54, 1.807) is 7.05 Å². The molecule has 0 spiro atoms. The Kier molecular flexibility index (Phi) is 11.5. The van der Waals surface area contributed by atoms with Gasteiger partial charge in [-0.1, -0.05) is 0 Å². The molecule has 150 valence electrons. The van der Waals surface area contributed by atoms with E-state index >= 15 is 0 Å². The second-order valence-electron chi connectivity index (χ2n) is 6.11. The maximum Gasteiger partial charge on any atom is 0.324 e. The van der Waals surface area contributed by atoms with Crippen molar-refractivity contribution in [1.29, 1.82) is 0 Å². The van der Waals surface area contributed by atoms with Crippen LogP contribution in [-0.2, 0) is 14.3 Å². The Morgan fingerprint density at radius 2 is 2.04 bits per heavy atom. The number of urea groups is 1. The van der Waals surface area contributed by atoms with Gasteiger partial charge in [-0.2, -0.15) is 0 Å². The maximum atomic E-state index is 11.5. The summed E-state index contributed by atoms with van der Waals surface area (Å²) in [5, 5.41) is 8.77. The van der Waals surface area contributed by atoms with Crippen LogP contribution in [0.2, 0.25) is 0 Å².